The van der Waals surface area contributed by atoms with E-state index < -0.39 is 0 Å². The molecule has 1 aromatic heterocycles. The number of carbonyl (C=O) groups excluding carboxylic acids is 1. The highest BCUT2D eigenvalue weighted by Crippen LogP contribution is 2.32. The molecular weight excluding hydrogens is 456 g/mol. The van der Waals surface area contributed by atoms with Gasteiger partial charge in [-0.2, -0.15) is 0 Å². The summed E-state index contributed by atoms with van der Waals surface area (Å²) >= 11 is 0. The Morgan fingerprint density at radius 1 is 0.972 bits per heavy atom. The van der Waals surface area contributed by atoms with Gasteiger partial charge in [0.15, 0.2) is 11.5 Å². The van der Waals surface area contributed by atoms with Crippen molar-refractivity contribution in [3.8, 4) is 17.2 Å². The molecule has 36 heavy (non-hydrogen) atoms. The van der Waals surface area contributed by atoms with Gasteiger partial charge in [0.05, 0.1) is 6.54 Å². The lowest BCUT2D eigenvalue weighted by Crippen LogP contribution is -2.45. The molecule has 1 amide bonds. The molecule has 3 heterocycles. The molecule has 8 heteroatoms. The molecule has 0 saturated carbocycles. The van der Waals surface area contributed by atoms with Gasteiger partial charge in [-0.25, -0.2) is 0 Å². The zero-order valence-corrected chi connectivity index (χ0v) is 20.6. The monoisotopic (exact) mass is 488 g/mol. The van der Waals surface area contributed by atoms with Crippen LogP contribution in [-0.2, 0) is 13.1 Å². The Labute approximate surface area is 211 Å². The lowest BCUT2D eigenvalue weighted by molar-refractivity contribution is 0.0931. The van der Waals surface area contributed by atoms with Gasteiger partial charge in [0.2, 0.25) is 6.79 Å². The van der Waals surface area contributed by atoms with Crippen molar-refractivity contribution in [1.82, 2.24) is 20.1 Å². The Hall–Kier alpha value is -3.62. The van der Waals surface area contributed by atoms with Crippen molar-refractivity contribution >= 4 is 5.91 Å². The maximum absolute atomic E-state index is 12.5. The second-order valence-corrected chi connectivity index (χ2v) is 9.26. The van der Waals surface area contributed by atoms with Gasteiger partial charge in [-0.15, -0.1) is 0 Å². The molecule has 3 aromatic rings. The largest absolute Gasteiger partial charge is 0.489 e. The number of hydrogen-bond acceptors (Lipinski definition) is 7. The van der Waals surface area contributed by atoms with Gasteiger partial charge in [-0.1, -0.05) is 18.2 Å². The number of carbonyl (C=O) groups is 1. The lowest BCUT2D eigenvalue weighted by atomic mass is 10.1. The zero-order valence-electron chi connectivity index (χ0n) is 20.6. The fourth-order valence-corrected chi connectivity index (χ4v) is 4.44. The van der Waals surface area contributed by atoms with Gasteiger partial charge in [-0.05, 0) is 54.4 Å². The summed E-state index contributed by atoms with van der Waals surface area (Å²) in [5.74, 6) is 1.89. The maximum atomic E-state index is 12.5. The van der Waals surface area contributed by atoms with Crippen LogP contribution in [0, 0.1) is 0 Å². The summed E-state index contributed by atoms with van der Waals surface area (Å²) in [6.45, 7) is 8.66. The Bertz CT molecular complexity index is 1150. The molecule has 0 bridgehead atoms. The Morgan fingerprint density at radius 3 is 2.42 bits per heavy atom. The first kappa shape index (κ1) is 24.1. The fourth-order valence-electron chi connectivity index (χ4n) is 4.44. The van der Waals surface area contributed by atoms with Crippen molar-refractivity contribution in [1.29, 1.82) is 0 Å². The number of rotatable bonds is 9. The number of piperazine rings is 1. The van der Waals surface area contributed by atoms with E-state index in [4.69, 9.17) is 14.2 Å². The number of aromatic nitrogens is 1. The molecule has 1 atom stereocenters. The highest BCUT2D eigenvalue weighted by molar-refractivity contribution is 5.94. The van der Waals surface area contributed by atoms with E-state index in [1.165, 1.54) is 11.1 Å². The van der Waals surface area contributed by atoms with E-state index >= 15 is 0 Å². The van der Waals surface area contributed by atoms with E-state index in [0.717, 1.165) is 45.0 Å². The number of amides is 1. The van der Waals surface area contributed by atoms with Gasteiger partial charge in [-0.3, -0.25) is 19.6 Å². The number of nitrogens with one attached hydrogen (secondary N) is 1. The van der Waals surface area contributed by atoms with Gasteiger partial charge < -0.3 is 19.5 Å². The third-order valence-electron chi connectivity index (χ3n) is 6.45. The smallest absolute Gasteiger partial charge is 0.251 e. The number of ether oxygens (including phenoxy) is 3. The molecule has 0 unspecified atom stereocenters. The van der Waals surface area contributed by atoms with Crippen molar-refractivity contribution in [3.63, 3.8) is 0 Å². The third-order valence-corrected chi connectivity index (χ3v) is 6.45. The minimum absolute atomic E-state index is 0.165. The quantitative estimate of drug-likeness (QED) is 0.495. The van der Waals surface area contributed by atoms with Crippen molar-refractivity contribution in [2.75, 3.05) is 39.5 Å². The molecule has 0 radical (unpaired) electrons. The first-order valence-electron chi connectivity index (χ1n) is 12.4. The molecule has 188 valence electrons. The van der Waals surface area contributed by atoms with E-state index in [1.54, 1.807) is 18.2 Å². The van der Waals surface area contributed by atoms with E-state index in [-0.39, 0.29) is 18.8 Å². The van der Waals surface area contributed by atoms with Crippen LogP contribution in [0.5, 0.6) is 17.2 Å². The standard InChI is InChI=1S/C28H32N4O4/c1-21(16-30-28(33)24-6-9-26-27(15-24)35-20-34-26)36-25-7-4-22(5-8-25)18-31-11-13-32(14-12-31)19-23-3-2-10-29-17-23/h2-10,15,17,21H,11-14,16,18-20H2,1H3,(H,30,33)/t21-/m1/s1. The van der Waals surface area contributed by atoms with E-state index in [2.05, 4.69) is 38.3 Å². The molecular formula is C28H32N4O4. The van der Waals surface area contributed by atoms with Crippen LogP contribution in [-0.4, -0.2) is 66.3 Å². The second kappa shape index (κ2) is 11.4. The van der Waals surface area contributed by atoms with E-state index in [1.807, 2.05) is 37.5 Å². The average Bonchev–Trinajstić information content (AvgIpc) is 3.38. The lowest BCUT2D eigenvalue weighted by Gasteiger charge is -2.34. The van der Waals surface area contributed by atoms with Crippen LogP contribution in [0.1, 0.15) is 28.4 Å². The summed E-state index contributed by atoms with van der Waals surface area (Å²) in [7, 11) is 0. The summed E-state index contributed by atoms with van der Waals surface area (Å²) < 4.78 is 16.6. The summed E-state index contributed by atoms with van der Waals surface area (Å²) in [5, 5.41) is 2.92. The number of fused-ring (bicyclic) bond motifs is 1. The average molecular weight is 489 g/mol. The van der Waals surface area contributed by atoms with Crippen LogP contribution in [0.3, 0.4) is 0 Å². The second-order valence-electron chi connectivity index (χ2n) is 9.26. The Kier molecular flexibility index (Phi) is 7.64. The van der Waals surface area contributed by atoms with Crippen molar-refractivity contribution in [2.45, 2.75) is 26.1 Å². The molecule has 1 N–H and O–H groups in total. The predicted octanol–water partition coefficient (Wildman–Crippen LogP) is 3.33. The highest BCUT2D eigenvalue weighted by atomic mass is 16.7. The highest BCUT2D eigenvalue weighted by Gasteiger charge is 2.18. The van der Waals surface area contributed by atoms with Crippen LogP contribution in [0.25, 0.3) is 0 Å². The van der Waals surface area contributed by atoms with E-state index in [9.17, 15) is 4.79 Å². The molecule has 8 nitrogen and oxygen atoms in total. The van der Waals surface area contributed by atoms with Crippen molar-refractivity contribution in [3.05, 3.63) is 83.7 Å². The Balaban J connectivity index is 1.03. The molecule has 1 saturated heterocycles. The maximum Gasteiger partial charge on any atom is 0.251 e. The normalized spacial score (nSPS) is 16.5. The van der Waals surface area contributed by atoms with Gasteiger partial charge in [0.1, 0.15) is 11.9 Å². The van der Waals surface area contributed by atoms with Crippen molar-refractivity contribution in [2.24, 2.45) is 0 Å². The summed E-state index contributed by atoms with van der Waals surface area (Å²) in [4.78, 5) is 21.7. The van der Waals surface area contributed by atoms with Crippen LogP contribution in [0.2, 0.25) is 0 Å². The summed E-state index contributed by atoms with van der Waals surface area (Å²) in [5.41, 5.74) is 3.07. The molecule has 2 aliphatic heterocycles. The van der Waals surface area contributed by atoms with Crippen molar-refractivity contribution < 1.29 is 19.0 Å². The van der Waals surface area contributed by atoms with Crippen LogP contribution in [0.4, 0.5) is 0 Å². The minimum Gasteiger partial charge on any atom is -0.489 e. The van der Waals surface area contributed by atoms with Gasteiger partial charge in [0, 0.05) is 57.2 Å². The number of nitrogens with zero attached hydrogens (tertiary/aromatic N) is 3. The van der Waals surface area contributed by atoms with Crippen LogP contribution < -0.4 is 19.5 Å². The number of pyridine rings is 1. The van der Waals surface area contributed by atoms with Gasteiger partial charge in [0.25, 0.3) is 5.91 Å². The Morgan fingerprint density at radius 2 is 1.69 bits per heavy atom. The predicted molar refractivity (Wildman–Crippen MR) is 136 cm³/mol. The summed E-state index contributed by atoms with van der Waals surface area (Å²) in [6.07, 6.45) is 3.60. The first-order valence-corrected chi connectivity index (χ1v) is 12.4. The van der Waals surface area contributed by atoms with E-state index in [0.29, 0.717) is 23.6 Å². The molecule has 2 aliphatic rings. The van der Waals surface area contributed by atoms with Gasteiger partial charge >= 0.3 is 0 Å². The topological polar surface area (TPSA) is 76.2 Å². The number of benzene rings is 2. The first-order chi connectivity index (χ1) is 17.6. The molecule has 0 aliphatic carbocycles. The number of hydrogen-bond donors (Lipinski definition) is 1. The fraction of sp³-hybridized carbons (Fsp3) is 0.357. The molecule has 5 rings (SSSR count). The molecule has 1 fully saturated rings. The molecule has 2 aromatic carbocycles. The van der Waals surface area contributed by atoms with Crippen LogP contribution >= 0.6 is 0 Å². The minimum atomic E-state index is -0.167. The third kappa shape index (κ3) is 6.33. The molecule has 0 spiro atoms. The SMILES string of the molecule is C[C@H](CNC(=O)c1ccc2c(c1)OCO2)Oc1ccc(CN2CCN(Cc3cccnc3)CC2)cc1. The van der Waals surface area contributed by atoms with Crippen LogP contribution in [0.15, 0.2) is 67.0 Å². The zero-order chi connectivity index (χ0) is 24.7. The summed E-state index contributed by atoms with van der Waals surface area (Å²) in [6, 6.07) is 17.6.